The summed E-state index contributed by atoms with van der Waals surface area (Å²) >= 11 is 1.48. The average Bonchev–Trinajstić information content (AvgIpc) is 2.39. The highest BCUT2D eigenvalue weighted by Gasteiger charge is 2.12. The Kier molecular flexibility index (Phi) is 7.46. The molecular weight excluding hydrogens is 276 g/mol. The average molecular weight is 294 g/mol. The van der Waals surface area contributed by atoms with Crippen LogP contribution in [0.2, 0.25) is 0 Å². The number of nitrogens with one attached hydrogen (secondary N) is 2. The van der Waals surface area contributed by atoms with E-state index in [1.54, 1.807) is 18.5 Å². The first kappa shape index (κ1) is 16.3. The molecule has 3 N–H and O–H groups in total. The van der Waals surface area contributed by atoms with Crippen LogP contribution in [0.25, 0.3) is 0 Å². The van der Waals surface area contributed by atoms with E-state index in [0.29, 0.717) is 0 Å². The van der Waals surface area contributed by atoms with Gasteiger partial charge in [0.1, 0.15) is 0 Å². The molecule has 0 radical (unpaired) electrons. The lowest BCUT2D eigenvalue weighted by atomic mass is 10.2. The molecule has 1 aromatic rings. The molecular formula is C14H18N2O3S. The smallest absolute Gasteiger partial charge is 0.305 e. The molecule has 0 aromatic heterocycles. The summed E-state index contributed by atoms with van der Waals surface area (Å²) < 4.78 is 0. The highest BCUT2D eigenvalue weighted by molar-refractivity contribution is 8.02. The number of thioether (sulfide) groups is 1. The summed E-state index contributed by atoms with van der Waals surface area (Å²) in [5, 5.41) is 16.0. The Bertz CT molecular complexity index is 463. The van der Waals surface area contributed by atoms with E-state index in [1.807, 2.05) is 30.3 Å². The van der Waals surface area contributed by atoms with Crippen LogP contribution in [0.4, 0.5) is 0 Å². The summed E-state index contributed by atoms with van der Waals surface area (Å²) in [6.07, 6.45) is 1.56. The van der Waals surface area contributed by atoms with Gasteiger partial charge in [-0.3, -0.25) is 9.59 Å². The minimum atomic E-state index is -0.950. The molecule has 1 aromatic carbocycles. The van der Waals surface area contributed by atoms with Gasteiger partial charge in [-0.1, -0.05) is 36.0 Å². The van der Waals surface area contributed by atoms with Crippen molar-refractivity contribution < 1.29 is 14.7 Å². The highest BCUT2D eigenvalue weighted by atomic mass is 32.2. The number of carboxylic acid groups (broad SMARTS) is 1. The van der Waals surface area contributed by atoms with Crippen molar-refractivity contribution in [2.24, 2.45) is 0 Å². The third-order valence-corrected chi connectivity index (χ3v) is 3.17. The Morgan fingerprint density at radius 2 is 2.05 bits per heavy atom. The molecule has 1 unspecified atom stereocenters. The molecule has 0 fully saturated rings. The zero-order valence-corrected chi connectivity index (χ0v) is 12.0. The van der Waals surface area contributed by atoms with Crippen LogP contribution in [0.15, 0.2) is 46.7 Å². The van der Waals surface area contributed by atoms with Crippen LogP contribution < -0.4 is 10.6 Å². The SMILES string of the molecule is CNCC(=O)NC(/C=C/Sc1ccccc1)CC(=O)O. The molecule has 6 heteroatoms. The van der Waals surface area contributed by atoms with Crippen molar-refractivity contribution in [3.8, 4) is 0 Å². The van der Waals surface area contributed by atoms with Crippen LogP contribution >= 0.6 is 11.8 Å². The van der Waals surface area contributed by atoms with Gasteiger partial charge in [0.15, 0.2) is 0 Å². The topological polar surface area (TPSA) is 78.4 Å². The van der Waals surface area contributed by atoms with Crippen LogP contribution in [0, 0.1) is 0 Å². The fraction of sp³-hybridized carbons (Fsp3) is 0.286. The molecule has 1 atom stereocenters. The van der Waals surface area contributed by atoms with E-state index in [-0.39, 0.29) is 18.9 Å². The summed E-state index contributed by atoms with van der Waals surface area (Å²) in [6, 6.07) is 9.20. The normalized spacial score (nSPS) is 12.2. The third kappa shape index (κ3) is 6.96. The van der Waals surface area contributed by atoms with E-state index in [0.717, 1.165) is 4.90 Å². The number of carbonyl (C=O) groups is 2. The van der Waals surface area contributed by atoms with Gasteiger partial charge in [0.2, 0.25) is 5.91 Å². The number of hydrogen-bond donors (Lipinski definition) is 3. The fourth-order valence-electron chi connectivity index (χ4n) is 1.49. The van der Waals surface area contributed by atoms with Crippen molar-refractivity contribution in [3.63, 3.8) is 0 Å². The van der Waals surface area contributed by atoms with Crippen molar-refractivity contribution in [2.45, 2.75) is 17.4 Å². The fourth-order valence-corrected chi connectivity index (χ4v) is 2.23. The van der Waals surface area contributed by atoms with E-state index in [4.69, 9.17) is 5.11 Å². The standard InChI is InChI=1S/C14H18N2O3S/c1-15-10-13(17)16-11(9-14(18)19)7-8-20-12-5-3-2-4-6-12/h2-8,11,15H,9-10H2,1H3,(H,16,17)(H,18,19)/b8-7+. The number of rotatable bonds is 8. The van der Waals surface area contributed by atoms with E-state index >= 15 is 0 Å². The summed E-state index contributed by atoms with van der Waals surface area (Å²) in [7, 11) is 1.66. The second-order valence-electron chi connectivity index (χ2n) is 4.06. The third-order valence-electron chi connectivity index (χ3n) is 2.34. The summed E-state index contributed by atoms with van der Waals surface area (Å²) in [5.41, 5.74) is 0. The number of carbonyl (C=O) groups excluding carboxylic acids is 1. The van der Waals surface area contributed by atoms with E-state index in [1.165, 1.54) is 11.8 Å². The number of benzene rings is 1. The molecule has 20 heavy (non-hydrogen) atoms. The van der Waals surface area contributed by atoms with Crippen LogP contribution in [-0.2, 0) is 9.59 Å². The lowest BCUT2D eigenvalue weighted by Gasteiger charge is -2.12. The van der Waals surface area contributed by atoms with Gasteiger partial charge in [-0.05, 0) is 24.6 Å². The molecule has 0 heterocycles. The Balaban J connectivity index is 2.55. The van der Waals surface area contributed by atoms with E-state index < -0.39 is 12.0 Å². The molecule has 0 aliphatic carbocycles. The van der Waals surface area contributed by atoms with Crippen LogP contribution in [0.1, 0.15) is 6.42 Å². The zero-order chi connectivity index (χ0) is 14.8. The number of likely N-dealkylation sites (N-methyl/N-ethyl adjacent to an activating group) is 1. The zero-order valence-electron chi connectivity index (χ0n) is 11.2. The molecule has 0 bridgehead atoms. The van der Waals surface area contributed by atoms with Gasteiger partial charge in [0, 0.05) is 4.90 Å². The molecule has 0 saturated heterocycles. The lowest BCUT2D eigenvalue weighted by molar-refractivity contribution is -0.137. The monoisotopic (exact) mass is 294 g/mol. The first-order valence-electron chi connectivity index (χ1n) is 6.16. The largest absolute Gasteiger partial charge is 0.481 e. The van der Waals surface area contributed by atoms with Crippen molar-refractivity contribution in [2.75, 3.05) is 13.6 Å². The molecule has 0 saturated carbocycles. The number of carboxylic acids is 1. The Hall–Kier alpha value is -1.79. The van der Waals surface area contributed by atoms with Gasteiger partial charge in [0.05, 0.1) is 19.0 Å². The minimum absolute atomic E-state index is 0.138. The predicted molar refractivity (Wildman–Crippen MR) is 79.5 cm³/mol. The number of aliphatic carboxylic acids is 1. The molecule has 5 nitrogen and oxygen atoms in total. The molecule has 0 spiro atoms. The van der Waals surface area contributed by atoms with Gasteiger partial charge in [0.25, 0.3) is 0 Å². The van der Waals surface area contributed by atoms with Crippen LogP contribution in [0.5, 0.6) is 0 Å². The van der Waals surface area contributed by atoms with Gasteiger partial charge in [-0.25, -0.2) is 0 Å². The summed E-state index contributed by atoms with van der Waals surface area (Å²) in [5.74, 6) is -1.18. The van der Waals surface area contributed by atoms with Crippen molar-refractivity contribution >= 4 is 23.6 Å². The molecule has 1 amide bonds. The number of hydrogen-bond acceptors (Lipinski definition) is 4. The van der Waals surface area contributed by atoms with Gasteiger partial charge in [-0.15, -0.1) is 0 Å². The second-order valence-corrected chi connectivity index (χ2v) is 5.04. The first-order valence-corrected chi connectivity index (χ1v) is 7.04. The van der Waals surface area contributed by atoms with Crippen molar-refractivity contribution in [1.29, 1.82) is 0 Å². The Morgan fingerprint density at radius 3 is 2.65 bits per heavy atom. The maximum atomic E-state index is 11.5. The lowest BCUT2D eigenvalue weighted by Crippen LogP contribution is -2.39. The molecule has 1 rings (SSSR count). The molecule has 0 aliphatic rings. The maximum absolute atomic E-state index is 11.5. The summed E-state index contributed by atoms with van der Waals surface area (Å²) in [6.45, 7) is 0.162. The predicted octanol–water partition coefficient (Wildman–Crippen LogP) is 1.47. The molecule has 108 valence electrons. The molecule has 0 aliphatic heterocycles. The second kappa shape index (κ2) is 9.17. The maximum Gasteiger partial charge on any atom is 0.305 e. The van der Waals surface area contributed by atoms with Crippen LogP contribution in [0.3, 0.4) is 0 Å². The minimum Gasteiger partial charge on any atom is -0.481 e. The first-order chi connectivity index (χ1) is 9.61. The Morgan fingerprint density at radius 1 is 1.35 bits per heavy atom. The number of amides is 1. The van der Waals surface area contributed by atoms with Crippen LogP contribution in [-0.4, -0.2) is 36.6 Å². The van der Waals surface area contributed by atoms with Crippen molar-refractivity contribution in [3.05, 3.63) is 41.8 Å². The quantitative estimate of drug-likeness (QED) is 0.633. The van der Waals surface area contributed by atoms with Gasteiger partial charge < -0.3 is 15.7 Å². The highest BCUT2D eigenvalue weighted by Crippen LogP contribution is 2.18. The van der Waals surface area contributed by atoms with Gasteiger partial charge >= 0.3 is 5.97 Å². The summed E-state index contributed by atoms with van der Waals surface area (Å²) in [4.78, 5) is 23.3. The van der Waals surface area contributed by atoms with Gasteiger partial charge in [-0.2, -0.15) is 0 Å². The van der Waals surface area contributed by atoms with E-state index in [9.17, 15) is 9.59 Å². The van der Waals surface area contributed by atoms with Crippen molar-refractivity contribution in [1.82, 2.24) is 10.6 Å². The Labute approximate surface area is 122 Å². The van der Waals surface area contributed by atoms with E-state index in [2.05, 4.69) is 10.6 Å².